The van der Waals surface area contributed by atoms with Crippen molar-refractivity contribution < 1.29 is 39.7 Å². The first-order valence-electron chi connectivity index (χ1n) is 8.46. The fourth-order valence-corrected chi connectivity index (χ4v) is 3.37. The summed E-state index contributed by atoms with van der Waals surface area (Å²) in [6, 6.07) is 2.94. The van der Waals surface area contributed by atoms with E-state index in [9.17, 15) is 31.2 Å². The predicted molar refractivity (Wildman–Crippen MR) is 95.6 cm³/mol. The van der Waals surface area contributed by atoms with Gasteiger partial charge < -0.3 is 18.7 Å². The molecule has 8 nitrogen and oxygen atoms in total. The highest BCUT2D eigenvalue weighted by molar-refractivity contribution is 7.88. The molecular weight excluding hydrogens is 419 g/mol. The second-order valence-electron chi connectivity index (χ2n) is 6.37. The molecule has 0 radical (unpaired) electrons. The summed E-state index contributed by atoms with van der Waals surface area (Å²) in [5.41, 5.74) is -6.92. The second kappa shape index (κ2) is 7.67. The van der Waals surface area contributed by atoms with Gasteiger partial charge in [0.05, 0.1) is 5.69 Å². The van der Waals surface area contributed by atoms with Crippen molar-refractivity contribution in [2.24, 2.45) is 0 Å². The Balaban J connectivity index is 2.09. The SMILES string of the molecule is CC(=O)c1c(NC2CCOCC2)c2ccc(OS(=O)(=O)C(F)(F)F)cc2oc1=O. The molecule has 0 aliphatic carbocycles. The zero-order valence-electron chi connectivity index (χ0n) is 15.0. The van der Waals surface area contributed by atoms with Crippen LogP contribution < -0.4 is 15.1 Å². The third-order valence-electron chi connectivity index (χ3n) is 4.29. The lowest BCUT2D eigenvalue weighted by Crippen LogP contribution is -2.30. The Morgan fingerprint density at radius 2 is 1.90 bits per heavy atom. The molecular formula is C17H16F3NO7S. The number of hydrogen-bond acceptors (Lipinski definition) is 8. The van der Waals surface area contributed by atoms with Crippen LogP contribution >= 0.6 is 0 Å². The molecule has 0 unspecified atom stereocenters. The summed E-state index contributed by atoms with van der Waals surface area (Å²) < 4.78 is 74.3. The van der Waals surface area contributed by atoms with Gasteiger partial charge >= 0.3 is 21.3 Å². The van der Waals surface area contributed by atoms with E-state index in [0.717, 1.165) is 12.1 Å². The highest BCUT2D eigenvalue weighted by atomic mass is 32.2. The van der Waals surface area contributed by atoms with Crippen molar-refractivity contribution >= 4 is 32.6 Å². The van der Waals surface area contributed by atoms with Crippen molar-refractivity contribution in [1.29, 1.82) is 0 Å². The number of benzene rings is 1. The first kappa shape index (κ1) is 21.1. The van der Waals surface area contributed by atoms with Crippen molar-refractivity contribution in [1.82, 2.24) is 0 Å². The Hall–Kier alpha value is -2.60. The molecule has 2 aromatic rings. The quantitative estimate of drug-likeness (QED) is 0.330. The molecule has 1 aliphatic heterocycles. The van der Waals surface area contributed by atoms with E-state index >= 15 is 0 Å². The molecule has 1 N–H and O–H groups in total. The molecule has 0 atom stereocenters. The highest BCUT2D eigenvalue weighted by Crippen LogP contribution is 2.32. The highest BCUT2D eigenvalue weighted by Gasteiger charge is 2.48. The molecule has 1 aromatic carbocycles. The maximum atomic E-state index is 12.5. The predicted octanol–water partition coefficient (Wildman–Crippen LogP) is 2.81. The average molecular weight is 435 g/mol. The van der Waals surface area contributed by atoms with Crippen molar-refractivity contribution in [3.8, 4) is 5.75 Å². The Labute approximate surface area is 162 Å². The van der Waals surface area contributed by atoms with E-state index in [4.69, 9.17) is 9.15 Å². The van der Waals surface area contributed by atoms with Crippen LogP contribution in [-0.2, 0) is 14.9 Å². The zero-order valence-corrected chi connectivity index (χ0v) is 15.9. The molecule has 1 aliphatic rings. The summed E-state index contributed by atoms with van der Waals surface area (Å²) in [5.74, 6) is -1.25. The molecule has 0 amide bonds. The first-order chi connectivity index (χ1) is 13.5. The molecule has 1 aromatic heterocycles. The van der Waals surface area contributed by atoms with E-state index < -0.39 is 32.8 Å². The van der Waals surface area contributed by atoms with E-state index in [1.54, 1.807) is 0 Å². The number of hydrogen-bond donors (Lipinski definition) is 1. The fourth-order valence-electron chi connectivity index (χ4n) is 2.92. The lowest BCUT2D eigenvalue weighted by molar-refractivity contribution is -0.0500. The monoisotopic (exact) mass is 435 g/mol. The number of fused-ring (bicyclic) bond motifs is 1. The lowest BCUT2D eigenvalue weighted by Gasteiger charge is -2.25. The number of ether oxygens (including phenoxy) is 1. The summed E-state index contributed by atoms with van der Waals surface area (Å²) in [5, 5.41) is 3.33. The Morgan fingerprint density at radius 1 is 1.24 bits per heavy atom. The van der Waals surface area contributed by atoms with Gasteiger partial charge in [0.2, 0.25) is 0 Å². The minimum Gasteiger partial charge on any atom is -0.422 e. The first-order valence-corrected chi connectivity index (χ1v) is 9.87. The molecule has 1 fully saturated rings. The van der Waals surface area contributed by atoms with Gasteiger partial charge in [-0.2, -0.15) is 21.6 Å². The minimum absolute atomic E-state index is 0.103. The standard InChI is InChI=1S/C17H16F3NO7S/c1-9(22)14-15(21-10-4-6-26-7-5-10)12-3-2-11(8-13(12)27-16(14)23)28-29(24,25)17(18,19)20/h2-3,8,10,21H,4-7H2,1H3. The average Bonchev–Trinajstić information content (AvgIpc) is 2.60. The van der Waals surface area contributed by atoms with E-state index in [1.165, 1.54) is 13.0 Å². The zero-order chi connectivity index (χ0) is 21.4. The fraction of sp³-hybridized carbons (Fsp3) is 0.412. The van der Waals surface area contributed by atoms with Crippen LogP contribution in [0, 0.1) is 0 Å². The van der Waals surface area contributed by atoms with Gasteiger partial charge in [0.1, 0.15) is 16.9 Å². The van der Waals surface area contributed by atoms with Gasteiger partial charge in [-0.1, -0.05) is 0 Å². The van der Waals surface area contributed by atoms with E-state index in [2.05, 4.69) is 9.50 Å². The smallest absolute Gasteiger partial charge is 0.422 e. The molecule has 0 bridgehead atoms. The van der Waals surface area contributed by atoms with Gasteiger partial charge in [-0.25, -0.2) is 4.79 Å². The normalized spacial score (nSPS) is 16.0. The largest absolute Gasteiger partial charge is 0.534 e. The molecule has 3 rings (SSSR count). The maximum Gasteiger partial charge on any atom is 0.534 e. The number of ketones is 1. The summed E-state index contributed by atoms with van der Waals surface area (Å²) >= 11 is 0. The Morgan fingerprint density at radius 3 is 2.48 bits per heavy atom. The van der Waals surface area contributed by atoms with Crippen LogP contribution in [0.15, 0.2) is 27.4 Å². The molecule has 0 spiro atoms. The van der Waals surface area contributed by atoms with Crippen LogP contribution in [0.1, 0.15) is 30.1 Å². The maximum absolute atomic E-state index is 12.5. The van der Waals surface area contributed by atoms with Crippen LogP contribution in [-0.4, -0.2) is 39.0 Å². The number of carbonyl (C=O) groups excluding carboxylic acids is 1. The minimum atomic E-state index is -5.89. The summed E-state index contributed by atoms with van der Waals surface area (Å²) in [6.07, 6.45) is 1.23. The van der Waals surface area contributed by atoms with Gasteiger partial charge in [0.25, 0.3) is 0 Å². The summed E-state index contributed by atoms with van der Waals surface area (Å²) in [4.78, 5) is 24.3. The Kier molecular flexibility index (Phi) is 5.59. The topological polar surface area (TPSA) is 112 Å². The van der Waals surface area contributed by atoms with Crippen LogP contribution in [0.2, 0.25) is 0 Å². The van der Waals surface area contributed by atoms with Crippen molar-refractivity contribution in [3.05, 3.63) is 34.2 Å². The van der Waals surface area contributed by atoms with Gasteiger partial charge in [-0.15, -0.1) is 0 Å². The van der Waals surface area contributed by atoms with E-state index in [0.29, 0.717) is 26.1 Å². The molecule has 158 valence electrons. The van der Waals surface area contributed by atoms with Crippen LogP contribution in [0.5, 0.6) is 5.75 Å². The number of nitrogens with one attached hydrogen (secondary N) is 1. The Bertz CT molecular complexity index is 1100. The van der Waals surface area contributed by atoms with Gasteiger partial charge in [-0.3, -0.25) is 4.79 Å². The van der Waals surface area contributed by atoms with Gasteiger partial charge in [-0.05, 0) is 31.9 Å². The van der Waals surface area contributed by atoms with E-state index in [1.807, 2.05) is 0 Å². The number of anilines is 1. The summed E-state index contributed by atoms with van der Waals surface area (Å²) in [6.45, 7) is 2.15. The molecule has 29 heavy (non-hydrogen) atoms. The molecule has 1 saturated heterocycles. The number of alkyl halides is 3. The van der Waals surface area contributed by atoms with Gasteiger partial charge in [0.15, 0.2) is 5.78 Å². The second-order valence-corrected chi connectivity index (χ2v) is 7.91. The number of Topliss-reactive ketones (excluding diaryl/α,β-unsaturated/α-hetero) is 1. The third-order valence-corrected chi connectivity index (χ3v) is 5.27. The third kappa shape index (κ3) is 4.37. The lowest BCUT2D eigenvalue weighted by atomic mass is 10.0. The van der Waals surface area contributed by atoms with E-state index in [-0.39, 0.29) is 28.3 Å². The van der Waals surface area contributed by atoms with Crippen LogP contribution in [0.4, 0.5) is 18.9 Å². The molecule has 2 heterocycles. The van der Waals surface area contributed by atoms with Gasteiger partial charge in [0, 0.05) is 30.7 Å². The van der Waals surface area contributed by atoms with Crippen molar-refractivity contribution in [2.45, 2.75) is 31.3 Å². The number of halogens is 3. The van der Waals surface area contributed by atoms with Crippen LogP contribution in [0.25, 0.3) is 11.0 Å². The van der Waals surface area contributed by atoms with Crippen molar-refractivity contribution in [2.75, 3.05) is 18.5 Å². The number of carbonyl (C=O) groups is 1. The molecule has 0 saturated carbocycles. The number of rotatable bonds is 5. The van der Waals surface area contributed by atoms with Crippen LogP contribution in [0.3, 0.4) is 0 Å². The molecule has 12 heteroatoms. The van der Waals surface area contributed by atoms with Crippen molar-refractivity contribution in [3.63, 3.8) is 0 Å². The summed E-state index contributed by atoms with van der Waals surface area (Å²) in [7, 11) is -5.89.